The van der Waals surface area contributed by atoms with E-state index in [0.29, 0.717) is 25.5 Å². The highest BCUT2D eigenvalue weighted by atomic mass is 16.8. The Hall–Kier alpha value is -0.940. The molecule has 2 unspecified atom stereocenters. The van der Waals surface area contributed by atoms with Crippen LogP contribution in [0.5, 0.6) is 0 Å². The summed E-state index contributed by atoms with van der Waals surface area (Å²) in [6, 6.07) is 0. The van der Waals surface area contributed by atoms with Crippen LogP contribution in [0.4, 0.5) is 0 Å². The number of ether oxygens (including phenoxy) is 1. The number of hydrogen-bond acceptors (Lipinski definition) is 4. The van der Waals surface area contributed by atoms with Crippen LogP contribution in [0.3, 0.4) is 0 Å². The standard InChI is InChI=1S/C15H25NO4/c17-11-14(9-13-5-1-2-6-13)10-16(12-18)20-15-7-3-4-8-19-15/h11-15H,1-10H2. The maximum Gasteiger partial charge on any atom is 0.233 e. The molecule has 2 atom stereocenters. The number of hydroxylamine groups is 2. The third-order valence-corrected chi connectivity index (χ3v) is 4.23. The van der Waals surface area contributed by atoms with Crippen LogP contribution in [0, 0.1) is 11.8 Å². The van der Waals surface area contributed by atoms with Crippen molar-refractivity contribution in [2.45, 2.75) is 57.7 Å². The van der Waals surface area contributed by atoms with E-state index >= 15 is 0 Å². The zero-order valence-corrected chi connectivity index (χ0v) is 12.0. The molecule has 1 aliphatic carbocycles. The van der Waals surface area contributed by atoms with Gasteiger partial charge >= 0.3 is 0 Å². The predicted octanol–water partition coefficient (Wildman–Crippen LogP) is 2.30. The van der Waals surface area contributed by atoms with Crippen molar-refractivity contribution in [3.63, 3.8) is 0 Å². The third-order valence-electron chi connectivity index (χ3n) is 4.23. The van der Waals surface area contributed by atoms with Gasteiger partial charge in [0.1, 0.15) is 6.29 Å². The second-order valence-electron chi connectivity index (χ2n) is 5.89. The normalized spacial score (nSPS) is 25.3. The number of aldehydes is 1. The fourth-order valence-corrected chi connectivity index (χ4v) is 3.13. The number of carbonyl (C=O) groups is 2. The van der Waals surface area contributed by atoms with Gasteiger partial charge in [-0.25, -0.2) is 9.90 Å². The van der Waals surface area contributed by atoms with Gasteiger partial charge in [-0.2, -0.15) is 0 Å². The summed E-state index contributed by atoms with van der Waals surface area (Å²) in [5.41, 5.74) is 0. The van der Waals surface area contributed by atoms with E-state index in [-0.39, 0.29) is 12.2 Å². The van der Waals surface area contributed by atoms with Gasteiger partial charge in [-0.1, -0.05) is 25.7 Å². The molecule has 0 N–H and O–H groups in total. The average Bonchev–Trinajstić information content (AvgIpc) is 2.99. The highest BCUT2D eigenvalue weighted by Crippen LogP contribution is 2.30. The van der Waals surface area contributed by atoms with Crippen LogP contribution in [0.15, 0.2) is 0 Å². The lowest BCUT2D eigenvalue weighted by molar-refractivity contribution is -0.275. The molecule has 2 fully saturated rings. The molecule has 2 aliphatic rings. The largest absolute Gasteiger partial charge is 0.350 e. The van der Waals surface area contributed by atoms with Crippen molar-refractivity contribution in [2.75, 3.05) is 13.2 Å². The molecule has 1 aliphatic heterocycles. The monoisotopic (exact) mass is 283 g/mol. The van der Waals surface area contributed by atoms with Crippen LogP contribution in [0.1, 0.15) is 51.4 Å². The van der Waals surface area contributed by atoms with E-state index in [2.05, 4.69) is 0 Å². The Labute approximate surface area is 120 Å². The van der Waals surface area contributed by atoms with Crippen molar-refractivity contribution in [1.29, 1.82) is 0 Å². The molecule has 2 rings (SSSR count). The molecule has 0 spiro atoms. The first kappa shape index (κ1) is 15.4. The lowest BCUT2D eigenvalue weighted by atomic mass is 9.94. The smallest absolute Gasteiger partial charge is 0.233 e. The molecule has 0 aromatic rings. The molecule has 0 aromatic heterocycles. The Kier molecular flexibility index (Phi) is 6.47. The van der Waals surface area contributed by atoms with Gasteiger partial charge in [0.2, 0.25) is 6.41 Å². The minimum Gasteiger partial charge on any atom is -0.350 e. The van der Waals surface area contributed by atoms with E-state index in [1.165, 1.54) is 30.7 Å². The van der Waals surface area contributed by atoms with E-state index in [9.17, 15) is 9.59 Å². The highest BCUT2D eigenvalue weighted by Gasteiger charge is 2.24. The predicted molar refractivity (Wildman–Crippen MR) is 73.6 cm³/mol. The number of rotatable bonds is 8. The molecule has 0 bridgehead atoms. The van der Waals surface area contributed by atoms with E-state index in [1.54, 1.807) is 0 Å². The molecule has 1 heterocycles. The van der Waals surface area contributed by atoms with Crippen molar-refractivity contribution in [3.05, 3.63) is 0 Å². The number of hydrogen-bond donors (Lipinski definition) is 0. The van der Waals surface area contributed by atoms with Crippen LogP contribution in [-0.4, -0.2) is 37.2 Å². The molecule has 0 aromatic carbocycles. The minimum absolute atomic E-state index is 0.133. The topological polar surface area (TPSA) is 55.8 Å². The minimum atomic E-state index is -0.340. The molecular weight excluding hydrogens is 258 g/mol. The summed E-state index contributed by atoms with van der Waals surface area (Å²) in [7, 11) is 0. The first-order valence-corrected chi connectivity index (χ1v) is 7.77. The fraction of sp³-hybridized carbons (Fsp3) is 0.867. The van der Waals surface area contributed by atoms with Crippen molar-refractivity contribution >= 4 is 12.7 Å². The molecular formula is C15H25NO4. The van der Waals surface area contributed by atoms with E-state index in [4.69, 9.17) is 9.57 Å². The van der Waals surface area contributed by atoms with Gasteiger partial charge in [0.25, 0.3) is 0 Å². The van der Waals surface area contributed by atoms with E-state index in [0.717, 1.165) is 32.0 Å². The Balaban J connectivity index is 1.76. The maximum atomic E-state index is 11.2. The SMILES string of the molecule is O=CC(CC1CCCC1)CN(C=O)OC1CCCCO1. The molecule has 114 valence electrons. The molecule has 5 nitrogen and oxygen atoms in total. The van der Waals surface area contributed by atoms with Crippen LogP contribution in [0.2, 0.25) is 0 Å². The molecule has 1 saturated heterocycles. The van der Waals surface area contributed by atoms with Crippen LogP contribution >= 0.6 is 0 Å². The van der Waals surface area contributed by atoms with Crippen molar-refractivity contribution in [1.82, 2.24) is 5.06 Å². The maximum absolute atomic E-state index is 11.2. The van der Waals surface area contributed by atoms with Crippen LogP contribution in [0.25, 0.3) is 0 Å². The van der Waals surface area contributed by atoms with Crippen molar-refractivity contribution in [3.8, 4) is 0 Å². The molecule has 0 radical (unpaired) electrons. The second kappa shape index (κ2) is 8.37. The first-order valence-electron chi connectivity index (χ1n) is 7.77. The summed E-state index contributed by atoms with van der Waals surface area (Å²) in [5, 5.41) is 1.24. The molecule has 20 heavy (non-hydrogen) atoms. The van der Waals surface area contributed by atoms with Gasteiger partial charge in [0.15, 0.2) is 6.29 Å². The van der Waals surface area contributed by atoms with Crippen LogP contribution in [-0.2, 0) is 19.2 Å². The summed E-state index contributed by atoms with van der Waals surface area (Å²) in [4.78, 5) is 27.8. The summed E-state index contributed by atoms with van der Waals surface area (Å²) < 4.78 is 5.45. The van der Waals surface area contributed by atoms with Gasteiger partial charge < -0.3 is 9.53 Å². The van der Waals surface area contributed by atoms with Crippen molar-refractivity contribution < 1.29 is 19.2 Å². The highest BCUT2D eigenvalue weighted by molar-refractivity contribution is 5.55. The Bertz CT molecular complexity index is 298. The van der Waals surface area contributed by atoms with Gasteiger partial charge in [-0.3, -0.25) is 4.79 Å². The Morgan fingerprint density at radius 3 is 2.50 bits per heavy atom. The average molecular weight is 283 g/mol. The molecule has 1 amide bonds. The van der Waals surface area contributed by atoms with Gasteiger partial charge in [-0.15, -0.1) is 0 Å². The van der Waals surface area contributed by atoms with Crippen molar-refractivity contribution in [2.24, 2.45) is 11.8 Å². The third kappa shape index (κ3) is 4.87. The summed E-state index contributed by atoms with van der Waals surface area (Å²) >= 11 is 0. The Morgan fingerprint density at radius 2 is 1.90 bits per heavy atom. The zero-order valence-electron chi connectivity index (χ0n) is 12.0. The first-order chi connectivity index (χ1) is 9.81. The summed E-state index contributed by atoms with van der Waals surface area (Å²) in [5.74, 6) is 0.497. The fourth-order valence-electron chi connectivity index (χ4n) is 3.13. The molecule has 5 heteroatoms. The Morgan fingerprint density at radius 1 is 1.15 bits per heavy atom. The number of carbonyl (C=O) groups excluding carboxylic acids is 2. The lowest BCUT2D eigenvalue weighted by Crippen LogP contribution is -2.36. The van der Waals surface area contributed by atoms with Gasteiger partial charge in [0, 0.05) is 18.9 Å². The summed E-state index contributed by atoms with van der Waals surface area (Å²) in [6.45, 7) is 1.01. The number of nitrogens with zero attached hydrogens (tertiary/aromatic N) is 1. The summed E-state index contributed by atoms with van der Waals surface area (Å²) in [6.07, 6.45) is 9.98. The van der Waals surface area contributed by atoms with E-state index < -0.39 is 0 Å². The lowest BCUT2D eigenvalue weighted by Gasteiger charge is -2.28. The van der Waals surface area contributed by atoms with Gasteiger partial charge in [-0.05, 0) is 25.2 Å². The van der Waals surface area contributed by atoms with Crippen LogP contribution < -0.4 is 0 Å². The van der Waals surface area contributed by atoms with Gasteiger partial charge in [0.05, 0.1) is 6.54 Å². The second-order valence-corrected chi connectivity index (χ2v) is 5.89. The quantitative estimate of drug-likeness (QED) is 0.506. The molecule has 1 saturated carbocycles. The van der Waals surface area contributed by atoms with E-state index in [1.807, 2.05) is 0 Å². The zero-order chi connectivity index (χ0) is 14.2. The number of amides is 1.